The molecular formula is C21H23NO4. The first-order chi connectivity index (χ1) is 12.5. The summed E-state index contributed by atoms with van der Waals surface area (Å²) in [4.78, 5) is 24.4. The lowest BCUT2D eigenvalue weighted by Gasteiger charge is -2.14. The van der Waals surface area contributed by atoms with Gasteiger partial charge in [-0.2, -0.15) is 0 Å². The molecule has 1 N–H and O–H groups in total. The van der Waals surface area contributed by atoms with Crippen molar-refractivity contribution in [1.82, 2.24) is 5.32 Å². The van der Waals surface area contributed by atoms with Gasteiger partial charge >= 0.3 is 0 Å². The number of aryl methyl sites for hydroxylation is 1. The molecule has 0 aromatic heterocycles. The Balaban J connectivity index is 1.63. The third-order valence-corrected chi connectivity index (χ3v) is 4.72. The number of hydrogen-bond donors (Lipinski definition) is 1. The summed E-state index contributed by atoms with van der Waals surface area (Å²) in [5.74, 6) is 1.25. The minimum absolute atomic E-state index is 0.0839. The Bertz CT molecular complexity index is 844. The van der Waals surface area contributed by atoms with Crippen molar-refractivity contribution in [1.29, 1.82) is 0 Å². The maximum atomic E-state index is 12.3. The van der Waals surface area contributed by atoms with Crippen molar-refractivity contribution in [2.45, 2.75) is 32.7 Å². The fourth-order valence-corrected chi connectivity index (χ4v) is 3.47. The van der Waals surface area contributed by atoms with Gasteiger partial charge in [0.15, 0.2) is 12.4 Å². The molecule has 1 atom stereocenters. The number of Topliss-reactive ketones (excluding diaryl/α,β-unsaturated/α-hetero) is 1. The molecule has 0 fully saturated rings. The van der Waals surface area contributed by atoms with Gasteiger partial charge < -0.3 is 14.8 Å². The van der Waals surface area contributed by atoms with Crippen LogP contribution in [0.4, 0.5) is 0 Å². The van der Waals surface area contributed by atoms with Gasteiger partial charge in [-0.3, -0.25) is 9.59 Å². The topological polar surface area (TPSA) is 64.6 Å². The Kier molecular flexibility index (Phi) is 5.26. The van der Waals surface area contributed by atoms with Crippen LogP contribution in [0.5, 0.6) is 11.5 Å². The molecule has 0 bridgehead atoms. The molecule has 0 aliphatic heterocycles. The summed E-state index contributed by atoms with van der Waals surface area (Å²) < 4.78 is 10.9. The van der Waals surface area contributed by atoms with Crippen LogP contribution in [0, 0.1) is 6.92 Å². The number of fused-ring (bicyclic) bond motifs is 1. The average Bonchev–Trinajstić information content (AvgIpc) is 2.95. The number of carbonyl (C=O) groups excluding carboxylic acids is 2. The van der Waals surface area contributed by atoms with Crippen molar-refractivity contribution < 1.29 is 19.1 Å². The van der Waals surface area contributed by atoms with E-state index in [4.69, 9.17) is 9.47 Å². The molecule has 3 rings (SSSR count). The van der Waals surface area contributed by atoms with E-state index in [0.717, 1.165) is 22.4 Å². The number of amides is 1. The Labute approximate surface area is 153 Å². The van der Waals surface area contributed by atoms with Crippen LogP contribution >= 0.6 is 0 Å². The Morgan fingerprint density at radius 3 is 2.73 bits per heavy atom. The number of ether oxygens (including phenoxy) is 2. The zero-order valence-electron chi connectivity index (χ0n) is 15.3. The maximum absolute atomic E-state index is 12.3. The first-order valence-electron chi connectivity index (χ1n) is 8.69. The van der Waals surface area contributed by atoms with Crippen molar-refractivity contribution >= 4 is 11.7 Å². The lowest BCUT2D eigenvalue weighted by molar-refractivity contribution is -0.123. The molecule has 0 spiro atoms. The van der Waals surface area contributed by atoms with Gasteiger partial charge in [0.1, 0.15) is 11.5 Å². The van der Waals surface area contributed by atoms with Gasteiger partial charge in [0, 0.05) is 18.5 Å². The van der Waals surface area contributed by atoms with Crippen LogP contribution < -0.4 is 14.8 Å². The number of hydrogen-bond acceptors (Lipinski definition) is 4. The molecule has 2 aromatic rings. The van der Waals surface area contributed by atoms with E-state index in [-0.39, 0.29) is 24.2 Å². The molecule has 1 aliphatic rings. The highest BCUT2D eigenvalue weighted by Crippen LogP contribution is 2.40. The zero-order chi connectivity index (χ0) is 18.7. The van der Waals surface area contributed by atoms with Gasteiger partial charge in [0.05, 0.1) is 12.7 Å². The zero-order valence-corrected chi connectivity index (χ0v) is 15.3. The average molecular weight is 353 g/mol. The van der Waals surface area contributed by atoms with Crippen LogP contribution in [0.1, 0.15) is 46.3 Å². The predicted molar refractivity (Wildman–Crippen MR) is 98.9 cm³/mol. The molecule has 1 amide bonds. The molecule has 0 unspecified atom stereocenters. The van der Waals surface area contributed by atoms with Crippen molar-refractivity contribution in [3.8, 4) is 11.5 Å². The van der Waals surface area contributed by atoms with E-state index >= 15 is 0 Å². The molecule has 2 aromatic carbocycles. The molecule has 26 heavy (non-hydrogen) atoms. The van der Waals surface area contributed by atoms with Gasteiger partial charge in [-0.25, -0.2) is 0 Å². The van der Waals surface area contributed by atoms with Crippen molar-refractivity contribution in [2.75, 3.05) is 13.7 Å². The molecule has 0 saturated heterocycles. The van der Waals surface area contributed by atoms with E-state index in [0.29, 0.717) is 24.3 Å². The molecule has 5 heteroatoms. The number of methoxy groups -OCH3 is 1. The second-order valence-electron chi connectivity index (χ2n) is 6.57. The second kappa shape index (κ2) is 7.60. The summed E-state index contributed by atoms with van der Waals surface area (Å²) in [5, 5.41) is 2.81. The fraction of sp³-hybridized carbons (Fsp3) is 0.333. The molecule has 0 saturated carbocycles. The third-order valence-electron chi connectivity index (χ3n) is 4.72. The van der Waals surface area contributed by atoms with Gasteiger partial charge in [-0.05, 0) is 36.1 Å². The van der Waals surface area contributed by atoms with Crippen LogP contribution in [0.15, 0.2) is 36.4 Å². The largest absolute Gasteiger partial charge is 0.496 e. The monoisotopic (exact) mass is 353 g/mol. The van der Waals surface area contributed by atoms with Crippen LogP contribution in [0.2, 0.25) is 0 Å². The molecule has 1 aliphatic carbocycles. The van der Waals surface area contributed by atoms with Crippen LogP contribution in [-0.2, 0) is 11.3 Å². The first-order valence-corrected chi connectivity index (χ1v) is 8.69. The first kappa shape index (κ1) is 18.0. The van der Waals surface area contributed by atoms with Gasteiger partial charge in [-0.1, -0.05) is 31.2 Å². The highest BCUT2D eigenvalue weighted by molar-refractivity contribution is 6.04. The predicted octanol–water partition coefficient (Wildman–Crippen LogP) is 3.39. The standard InChI is InChI=1S/C21H23NO4/c1-13-8-9-18(21-16(23)10-14(2)20(13)21)26-12-19(24)22-11-15-6-4-5-7-17(15)25-3/h4-9,14H,10-12H2,1-3H3,(H,22,24)/t14-/m0/s1. The Hall–Kier alpha value is -2.82. The maximum Gasteiger partial charge on any atom is 0.258 e. The van der Waals surface area contributed by atoms with Gasteiger partial charge in [0.25, 0.3) is 5.91 Å². The van der Waals surface area contributed by atoms with Crippen molar-refractivity contribution in [2.24, 2.45) is 0 Å². The number of para-hydroxylation sites is 1. The van der Waals surface area contributed by atoms with E-state index in [2.05, 4.69) is 5.32 Å². The quantitative estimate of drug-likeness (QED) is 0.865. The Morgan fingerprint density at radius 1 is 1.19 bits per heavy atom. The van der Waals surface area contributed by atoms with E-state index in [9.17, 15) is 9.59 Å². The van der Waals surface area contributed by atoms with Gasteiger partial charge in [0.2, 0.25) is 0 Å². The molecule has 5 nitrogen and oxygen atoms in total. The summed E-state index contributed by atoms with van der Waals surface area (Å²) in [5.41, 5.74) is 3.66. The minimum Gasteiger partial charge on any atom is -0.496 e. The summed E-state index contributed by atoms with van der Waals surface area (Å²) in [7, 11) is 1.60. The van der Waals surface area contributed by atoms with Crippen LogP contribution in [0.25, 0.3) is 0 Å². The lowest BCUT2D eigenvalue weighted by atomic mass is 9.97. The van der Waals surface area contributed by atoms with Crippen molar-refractivity contribution in [3.05, 3.63) is 58.7 Å². The smallest absolute Gasteiger partial charge is 0.258 e. The minimum atomic E-state index is -0.247. The van der Waals surface area contributed by atoms with Crippen molar-refractivity contribution in [3.63, 3.8) is 0 Å². The fourth-order valence-electron chi connectivity index (χ4n) is 3.47. The molecular weight excluding hydrogens is 330 g/mol. The van der Waals surface area contributed by atoms with E-state index < -0.39 is 0 Å². The highest BCUT2D eigenvalue weighted by atomic mass is 16.5. The number of nitrogens with one attached hydrogen (secondary N) is 1. The normalized spacial score (nSPS) is 15.5. The van der Waals surface area contributed by atoms with E-state index in [1.54, 1.807) is 13.2 Å². The van der Waals surface area contributed by atoms with E-state index in [1.165, 1.54) is 0 Å². The number of rotatable bonds is 6. The van der Waals surface area contributed by atoms with Gasteiger partial charge in [-0.15, -0.1) is 0 Å². The number of ketones is 1. The lowest BCUT2D eigenvalue weighted by Crippen LogP contribution is -2.28. The third kappa shape index (κ3) is 3.57. The number of carbonyl (C=O) groups is 2. The van der Waals surface area contributed by atoms with Crippen LogP contribution in [0.3, 0.4) is 0 Å². The second-order valence-corrected chi connectivity index (χ2v) is 6.57. The number of benzene rings is 2. The molecule has 0 heterocycles. The summed E-state index contributed by atoms with van der Waals surface area (Å²) in [6.07, 6.45) is 0.497. The van der Waals surface area contributed by atoms with E-state index in [1.807, 2.05) is 44.2 Å². The Morgan fingerprint density at radius 2 is 1.96 bits per heavy atom. The molecule has 136 valence electrons. The summed E-state index contributed by atoms with van der Waals surface area (Å²) in [6, 6.07) is 11.2. The SMILES string of the molecule is COc1ccccc1CNC(=O)COc1ccc(C)c2c1C(=O)C[C@@H]2C. The highest BCUT2D eigenvalue weighted by Gasteiger charge is 2.31. The molecule has 0 radical (unpaired) electrons. The summed E-state index contributed by atoms with van der Waals surface area (Å²) >= 11 is 0. The summed E-state index contributed by atoms with van der Waals surface area (Å²) in [6.45, 7) is 4.26. The van der Waals surface area contributed by atoms with Crippen LogP contribution in [-0.4, -0.2) is 25.4 Å².